The van der Waals surface area contributed by atoms with Crippen LogP contribution in [0.1, 0.15) is 41.0 Å². The minimum absolute atomic E-state index is 0.209. The average molecular weight is 200 g/mol. The maximum atomic E-state index is 12.1. The molecule has 0 aliphatic rings. The van der Waals surface area contributed by atoms with E-state index in [1.165, 1.54) is 0 Å². The fourth-order valence-electron chi connectivity index (χ4n) is 1.27. The molecule has 2 N–H and O–H groups in total. The second-order valence-corrected chi connectivity index (χ2v) is 4.62. The zero-order valence-electron chi connectivity index (χ0n) is 10.1. The summed E-state index contributed by atoms with van der Waals surface area (Å²) in [5, 5.41) is 0. The van der Waals surface area contributed by atoms with Crippen LogP contribution in [-0.4, -0.2) is 29.9 Å². The lowest BCUT2D eigenvalue weighted by Gasteiger charge is -2.33. The summed E-state index contributed by atoms with van der Waals surface area (Å²) < 4.78 is 0. The first-order chi connectivity index (χ1) is 6.36. The van der Waals surface area contributed by atoms with Crippen molar-refractivity contribution in [2.75, 3.05) is 13.1 Å². The number of hydrogen-bond donors (Lipinski definition) is 1. The predicted molar refractivity (Wildman–Crippen MR) is 60.0 cm³/mol. The van der Waals surface area contributed by atoms with E-state index >= 15 is 0 Å². The number of amides is 1. The number of nitrogens with two attached hydrogens (primary N) is 1. The van der Waals surface area contributed by atoms with Gasteiger partial charge in [-0.3, -0.25) is 4.79 Å². The second kappa shape index (κ2) is 5.35. The predicted octanol–water partition coefficient (Wildman–Crippen LogP) is 1.62. The highest BCUT2D eigenvalue weighted by atomic mass is 16.2. The van der Waals surface area contributed by atoms with Crippen LogP contribution in [0.15, 0.2) is 0 Å². The van der Waals surface area contributed by atoms with Gasteiger partial charge in [-0.25, -0.2) is 0 Å². The quantitative estimate of drug-likeness (QED) is 0.733. The Morgan fingerprint density at radius 3 is 2.21 bits per heavy atom. The summed E-state index contributed by atoms with van der Waals surface area (Å²) in [6, 6.07) is 0.233. The standard InChI is InChI=1S/C11H24N2O/c1-6-11(4,5)10(14)13(8-7-12)9(2)3/h9H,6-8,12H2,1-5H3. The molecular weight excluding hydrogens is 176 g/mol. The van der Waals surface area contributed by atoms with Gasteiger partial charge >= 0.3 is 0 Å². The zero-order chi connectivity index (χ0) is 11.4. The summed E-state index contributed by atoms with van der Waals surface area (Å²) in [4.78, 5) is 14.0. The minimum atomic E-state index is -0.264. The molecular formula is C11H24N2O. The highest BCUT2D eigenvalue weighted by Gasteiger charge is 2.30. The first-order valence-electron chi connectivity index (χ1n) is 5.38. The number of hydrogen-bond acceptors (Lipinski definition) is 2. The minimum Gasteiger partial charge on any atom is -0.339 e. The molecule has 0 saturated heterocycles. The van der Waals surface area contributed by atoms with Crippen molar-refractivity contribution in [3.8, 4) is 0 Å². The van der Waals surface area contributed by atoms with Crippen molar-refractivity contribution in [3.63, 3.8) is 0 Å². The van der Waals surface area contributed by atoms with E-state index in [0.717, 1.165) is 6.42 Å². The maximum Gasteiger partial charge on any atom is 0.228 e. The van der Waals surface area contributed by atoms with E-state index in [1.807, 2.05) is 39.5 Å². The third-order valence-corrected chi connectivity index (χ3v) is 2.72. The van der Waals surface area contributed by atoms with E-state index < -0.39 is 0 Å². The smallest absolute Gasteiger partial charge is 0.228 e. The van der Waals surface area contributed by atoms with Crippen LogP contribution >= 0.6 is 0 Å². The summed E-state index contributed by atoms with van der Waals surface area (Å²) >= 11 is 0. The van der Waals surface area contributed by atoms with Gasteiger partial charge in [0.15, 0.2) is 0 Å². The van der Waals surface area contributed by atoms with Crippen LogP contribution in [0, 0.1) is 5.41 Å². The SMILES string of the molecule is CCC(C)(C)C(=O)N(CCN)C(C)C. The molecule has 0 bridgehead atoms. The molecule has 0 rings (SSSR count). The van der Waals surface area contributed by atoms with Crippen LogP contribution in [0.2, 0.25) is 0 Å². The summed E-state index contributed by atoms with van der Waals surface area (Å²) in [6.45, 7) is 11.3. The molecule has 0 aromatic rings. The Kier molecular flexibility index (Phi) is 5.13. The van der Waals surface area contributed by atoms with Crippen molar-refractivity contribution in [3.05, 3.63) is 0 Å². The van der Waals surface area contributed by atoms with Crippen LogP contribution in [0.25, 0.3) is 0 Å². The Bertz CT molecular complexity index is 188. The van der Waals surface area contributed by atoms with Crippen molar-refractivity contribution in [1.29, 1.82) is 0 Å². The van der Waals surface area contributed by atoms with Gasteiger partial charge in [0.05, 0.1) is 0 Å². The Morgan fingerprint density at radius 2 is 1.93 bits per heavy atom. The Hall–Kier alpha value is -0.570. The largest absolute Gasteiger partial charge is 0.339 e. The Labute approximate surface area is 87.6 Å². The van der Waals surface area contributed by atoms with Gasteiger partial charge in [0.25, 0.3) is 0 Å². The summed E-state index contributed by atoms with van der Waals surface area (Å²) in [6.07, 6.45) is 0.861. The van der Waals surface area contributed by atoms with Crippen LogP contribution in [0.3, 0.4) is 0 Å². The van der Waals surface area contributed by atoms with Crippen LogP contribution in [-0.2, 0) is 4.79 Å². The molecule has 0 saturated carbocycles. The van der Waals surface area contributed by atoms with Crippen LogP contribution < -0.4 is 5.73 Å². The second-order valence-electron chi connectivity index (χ2n) is 4.62. The molecule has 0 heterocycles. The van der Waals surface area contributed by atoms with Crippen molar-refractivity contribution >= 4 is 5.91 Å². The van der Waals surface area contributed by atoms with Gasteiger partial charge in [0.1, 0.15) is 0 Å². The lowest BCUT2D eigenvalue weighted by molar-refractivity contribution is -0.142. The first-order valence-corrected chi connectivity index (χ1v) is 5.38. The van der Waals surface area contributed by atoms with Crippen molar-refractivity contribution < 1.29 is 4.79 Å². The molecule has 14 heavy (non-hydrogen) atoms. The van der Waals surface area contributed by atoms with E-state index in [4.69, 9.17) is 5.73 Å². The fraction of sp³-hybridized carbons (Fsp3) is 0.909. The van der Waals surface area contributed by atoms with Gasteiger partial charge < -0.3 is 10.6 Å². The topological polar surface area (TPSA) is 46.3 Å². The lowest BCUT2D eigenvalue weighted by atomic mass is 9.88. The number of carbonyl (C=O) groups is 1. The third-order valence-electron chi connectivity index (χ3n) is 2.72. The molecule has 0 aliphatic carbocycles. The van der Waals surface area contributed by atoms with E-state index in [2.05, 4.69) is 0 Å². The molecule has 0 spiro atoms. The van der Waals surface area contributed by atoms with Gasteiger partial charge in [0, 0.05) is 24.5 Å². The molecule has 0 fully saturated rings. The molecule has 0 aliphatic heterocycles. The van der Waals surface area contributed by atoms with Crippen LogP contribution in [0.4, 0.5) is 0 Å². The van der Waals surface area contributed by atoms with Gasteiger partial charge in [-0.15, -0.1) is 0 Å². The number of nitrogens with zero attached hydrogens (tertiary/aromatic N) is 1. The van der Waals surface area contributed by atoms with Gasteiger partial charge in [-0.1, -0.05) is 20.8 Å². The Morgan fingerprint density at radius 1 is 1.43 bits per heavy atom. The lowest BCUT2D eigenvalue weighted by Crippen LogP contribution is -2.46. The van der Waals surface area contributed by atoms with E-state index in [9.17, 15) is 4.79 Å². The van der Waals surface area contributed by atoms with Gasteiger partial charge in [-0.05, 0) is 20.3 Å². The van der Waals surface area contributed by atoms with Crippen molar-refractivity contribution in [1.82, 2.24) is 4.90 Å². The fourth-order valence-corrected chi connectivity index (χ4v) is 1.27. The molecule has 1 amide bonds. The first kappa shape index (κ1) is 13.4. The summed E-state index contributed by atoms with van der Waals surface area (Å²) in [7, 11) is 0. The van der Waals surface area contributed by atoms with E-state index in [1.54, 1.807) is 0 Å². The molecule has 84 valence electrons. The molecule has 3 heteroatoms. The molecule has 0 aromatic carbocycles. The molecule has 0 atom stereocenters. The monoisotopic (exact) mass is 200 g/mol. The van der Waals surface area contributed by atoms with Gasteiger partial charge in [-0.2, -0.15) is 0 Å². The third kappa shape index (κ3) is 3.29. The zero-order valence-corrected chi connectivity index (χ0v) is 10.1. The normalized spacial score (nSPS) is 11.9. The molecule has 0 unspecified atom stereocenters. The average Bonchev–Trinajstić information content (AvgIpc) is 2.12. The van der Waals surface area contributed by atoms with Crippen molar-refractivity contribution in [2.45, 2.75) is 47.1 Å². The Balaban J connectivity index is 4.59. The maximum absolute atomic E-state index is 12.1. The van der Waals surface area contributed by atoms with E-state index in [0.29, 0.717) is 13.1 Å². The number of rotatable bonds is 5. The molecule has 3 nitrogen and oxygen atoms in total. The summed E-state index contributed by atoms with van der Waals surface area (Å²) in [5.41, 5.74) is 5.23. The van der Waals surface area contributed by atoms with Crippen molar-refractivity contribution in [2.24, 2.45) is 11.1 Å². The van der Waals surface area contributed by atoms with Gasteiger partial charge in [0.2, 0.25) is 5.91 Å². The highest BCUT2D eigenvalue weighted by Crippen LogP contribution is 2.23. The summed E-state index contributed by atoms with van der Waals surface area (Å²) in [5.74, 6) is 0.209. The number of carbonyl (C=O) groups excluding carboxylic acids is 1. The highest BCUT2D eigenvalue weighted by molar-refractivity contribution is 5.82. The molecule has 0 aromatic heterocycles. The van der Waals surface area contributed by atoms with Crippen LogP contribution in [0.5, 0.6) is 0 Å². The van der Waals surface area contributed by atoms with E-state index in [-0.39, 0.29) is 17.4 Å². The molecule has 0 radical (unpaired) electrons.